The van der Waals surface area contributed by atoms with Gasteiger partial charge in [-0.1, -0.05) is 11.6 Å². The first-order valence-electron chi connectivity index (χ1n) is 6.55. The van der Waals surface area contributed by atoms with Crippen LogP contribution < -0.4 is 5.32 Å². The van der Waals surface area contributed by atoms with E-state index >= 15 is 0 Å². The average molecular weight is 308 g/mol. The molecule has 2 aromatic rings. The van der Waals surface area contributed by atoms with E-state index in [0.717, 1.165) is 17.7 Å². The molecule has 0 unspecified atom stereocenters. The predicted molar refractivity (Wildman–Crippen MR) is 82.0 cm³/mol. The first-order chi connectivity index (χ1) is 9.63. The van der Waals surface area contributed by atoms with E-state index in [1.54, 1.807) is 17.4 Å². The Morgan fingerprint density at radius 2 is 2.05 bits per heavy atom. The zero-order valence-electron chi connectivity index (χ0n) is 10.8. The Bertz CT molecular complexity index is 642. The number of amides is 1. The van der Waals surface area contributed by atoms with Crippen molar-refractivity contribution in [2.24, 2.45) is 0 Å². The van der Waals surface area contributed by atoms with Crippen LogP contribution in [0.25, 0.3) is 0 Å². The minimum Gasteiger partial charge on any atom is -0.508 e. The molecule has 0 atom stereocenters. The van der Waals surface area contributed by atoms with E-state index in [9.17, 15) is 9.90 Å². The quantitative estimate of drug-likeness (QED) is 0.815. The summed E-state index contributed by atoms with van der Waals surface area (Å²) in [6, 6.07) is 6.50. The summed E-state index contributed by atoms with van der Waals surface area (Å²) in [5.74, 6) is -0.0587. The fourth-order valence-corrected chi connectivity index (χ4v) is 3.76. The highest BCUT2D eigenvalue weighted by atomic mass is 35.5. The van der Waals surface area contributed by atoms with Gasteiger partial charge in [0.25, 0.3) is 5.91 Å². The van der Waals surface area contributed by atoms with Crippen LogP contribution >= 0.6 is 22.9 Å². The first-order valence-corrected chi connectivity index (χ1v) is 7.74. The largest absolute Gasteiger partial charge is 0.508 e. The second-order valence-corrected chi connectivity index (χ2v) is 6.43. The van der Waals surface area contributed by atoms with Crippen LogP contribution in [0.3, 0.4) is 0 Å². The van der Waals surface area contributed by atoms with Gasteiger partial charge < -0.3 is 10.4 Å². The van der Waals surface area contributed by atoms with Crippen LogP contribution in [0.1, 0.15) is 33.0 Å². The molecule has 5 heteroatoms. The number of halogens is 1. The number of anilines is 1. The van der Waals surface area contributed by atoms with Crippen molar-refractivity contribution in [3.8, 4) is 5.75 Å². The lowest BCUT2D eigenvalue weighted by atomic mass is 9.99. The Hall–Kier alpha value is -1.52. The number of fused-ring (bicyclic) bond motifs is 1. The number of benzene rings is 1. The van der Waals surface area contributed by atoms with Gasteiger partial charge in [-0.3, -0.25) is 4.79 Å². The van der Waals surface area contributed by atoms with E-state index in [4.69, 9.17) is 11.6 Å². The SMILES string of the molecule is O=C(Nc1ccc(O)cc1Cl)c1cc2c(s1)CCCC2. The molecule has 0 radical (unpaired) electrons. The van der Waals surface area contributed by atoms with Gasteiger partial charge in [-0.05, 0) is 49.4 Å². The molecule has 0 bridgehead atoms. The molecule has 1 aromatic carbocycles. The molecule has 3 rings (SSSR count). The number of aromatic hydroxyl groups is 1. The number of phenols is 1. The number of hydrogen-bond donors (Lipinski definition) is 2. The molecule has 3 nitrogen and oxygen atoms in total. The number of hydrogen-bond acceptors (Lipinski definition) is 3. The summed E-state index contributed by atoms with van der Waals surface area (Å²) in [4.78, 5) is 14.3. The fraction of sp³-hybridized carbons (Fsp3) is 0.267. The van der Waals surface area contributed by atoms with Crippen molar-refractivity contribution in [3.05, 3.63) is 44.6 Å². The number of carbonyl (C=O) groups excluding carboxylic acids is 1. The molecule has 1 heterocycles. The minimum absolute atomic E-state index is 0.0830. The number of thiophene rings is 1. The fourth-order valence-electron chi connectivity index (χ4n) is 2.39. The summed E-state index contributed by atoms with van der Waals surface area (Å²) in [6.07, 6.45) is 4.55. The zero-order chi connectivity index (χ0) is 14.1. The summed E-state index contributed by atoms with van der Waals surface area (Å²) in [5, 5.41) is 12.4. The highest BCUT2D eigenvalue weighted by Crippen LogP contribution is 2.31. The maximum Gasteiger partial charge on any atom is 0.265 e. The van der Waals surface area contributed by atoms with Crippen molar-refractivity contribution >= 4 is 34.5 Å². The maximum absolute atomic E-state index is 12.2. The number of nitrogens with one attached hydrogen (secondary N) is 1. The molecule has 0 saturated heterocycles. The molecular weight excluding hydrogens is 294 g/mol. The Labute approximate surface area is 126 Å². The van der Waals surface area contributed by atoms with E-state index in [1.807, 2.05) is 6.07 Å². The summed E-state index contributed by atoms with van der Waals surface area (Å²) < 4.78 is 0. The van der Waals surface area contributed by atoms with Gasteiger partial charge in [0.2, 0.25) is 0 Å². The van der Waals surface area contributed by atoms with Gasteiger partial charge in [0.15, 0.2) is 0 Å². The molecular formula is C15H14ClNO2S. The van der Waals surface area contributed by atoms with Crippen molar-refractivity contribution in [2.45, 2.75) is 25.7 Å². The molecule has 2 N–H and O–H groups in total. The Kier molecular flexibility index (Phi) is 3.68. The summed E-state index contributed by atoms with van der Waals surface area (Å²) in [5.41, 5.74) is 1.82. The third-order valence-corrected chi connectivity index (χ3v) is 4.97. The highest BCUT2D eigenvalue weighted by Gasteiger charge is 2.17. The second kappa shape index (κ2) is 5.46. The van der Waals surface area contributed by atoms with Gasteiger partial charge >= 0.3 is 0 Å². The normalized spacial score (nSPS) is 13.8. The molecule has 1 amide bonds. The van der Waals surface area contributed by atoms with Crippen LogP contribution in [-0.2, 0) is 12.8 Å². The van der Waals surface area contributed by atoms with E-state index in [1.165, 1.54) is 35.4 Å². The lowest BCUT2D eigenvalue weighted by molar-refractivity contribution is 0.103. The lowest BCUT2D eigenvalue weighted by Crippen LogP contribution is -2.10. The summed E-state index contributed by atoms with van der Waals surface area (Å²) in [6.45, 7) is 0. The molecule has 20 heavy (non-hydrogen) atoms. The van der Waals surface area contributed by atoms with Crippen molar-refractivity contribution < 1.29 is 9.90 Å². The smallest absolute Gasteiger partial charge is 0.265 e. The van der Waals surface area contributed by atoms with Crippen molar-refractivity contribution in [1.82, 2.24) is 0 Å². The number of aryl methyl sites for hydroxylation is 2. The van der Waals surface area contributed by atoms with Crippen LogP contribution in [0.2, 0.25) is 5.02 Å². The molecule has 1 aliphatic rings. The molecule has 1 aliphatic carbocycles. The summed E-state index contributed by atoms with van der Waals surface area (Å²) >= 11 is 7.56. The predicted octanol–water partition coefficient (Wildman–Crippen LogP) is 4.24. The molecule has 0 spiro atoms. The van der Waals surface area contributed by atoms with Gasteiger partial charge in [-0.2, -0.15) is 0 Å². The van der Waals surface area contributed by atoms with Crippen molar-refractivity contribution in [2.75, 3.05) is 5.32 Å². The van der Waals surface area contributed by atoms with Crippen LogP contribution in [0.5, 0.6) is 5.75 Å². The average Bonchev–Trinajstić information content (AvgIpc) is 2.86. The lowest BCUT2D eigenvalue weighted by Gasteiger charge is -2.08. The third-order valence-electron chi connectivity index (χ3n) is 3.42. The van der Waals surface area contributed by atoms with Crippen LogP contribution in [0, 0.1) is 0 Å². The van der Waals surface area contributed by atoms with Gasteiger partial charge in [0.1, 0.15) is 5.75 Å². The van der Waals surface area contributed by atoms with E-state index in [2.05, 4.69) is 5.32 Å². The Morgan fingerprint density at radius 1 is 1.25 bits per heavy atom. The molecule has 0 saturated carbocycles. The standard InChI is InChI=1S/C15H14ClNO2S/c16-11-8-10(18)5-6-12(11)17-15(19)14-7-9-3-1-2-4-13(9)20-14/h5-8,18H,1-4H2,(H,17,19). The van der Waals surface area contributed by atoms with Crippen LogP contribution in [0.4, 0.5) is 5.69 Å². The molecule has 0 aliphatic heterocycles. The third kappa shape index (κ3) is 2.67. The maximum atomic E-state index is 12.2. The van der Waals surface area contributed by atoms with Crippen LogP contribution in [-0.4, -0.2) is 11.0 Å². The van der Waals surface area contributed by atoms with Crippen molar-refractivity contribution in [3.63, 3.8) is 0 Å². The minimum atomic E-state index is -0.142. The van der Waals surface area contributed by atoms with Gasteiger partial charge in [-0.15, -0.1) is 11.3 Å². The Morgan fingerprint density at radius 3 is 2.80 bits per heavy atom. The Balaban J connectivity index is 1.80. The van der Waals surface area contributed by atoms with Crippen molar-refractivity contribution in [1.29, 1.82) is 0 Å². The van der Waals surface area contributed by atoms with Gasteiger partial charge in [-0.25, -0.2) is 0 Å². The van der Waals surface area contributed by atoms with E-state index in [-0.39, 0.29) is 11.7 Å². The highest BCUT2D eigenvalue weighted by molar-refractivity contribution is 7.14. The van der Waals surface area contributed by atoms with Gasteiger partial charge in [0.05, 0.1) is 15.6 Å². The number of carbonyl (C=O) groups is 1. The van der Waals surface area contributed by atoms with E-state index < -0.39 is 0 Å². The van der Waals surface area contributed by atoms with E-state index in [0.29, 0.717) is 10.7 Å². The topological polar surface area (TPSA) is 49.3 Å². The first kappa shape index (κ1) is 13.5. The molecule has 0 fully saturated rings. The molecule has 104 valence electrons. The van der Waals surface area contributed by atoms with Crippen LogP contribution in [0.15, 0.2) is 24.3 Å². The second-order valence-electron chi connectivity index (χ2n) is 4.88. The zero-order valence-corrected chi connectivity index (χ0v) is 12.4. The monoisotopic (exact) mass is 307 g/mol. The summed E-state index contributed by atoms with van der Waals surface area (Å²) in [7, 11) is 0. The number of phenolic OH excluding ortho intramolecular Hbond substituents is 1. The molecule has 1 aromatic heterocycles. The van der Waals surface area contributed by atoms with Gasteiger partial charge in [0, 0.05) is 10.9 Å². The number of rotatable bonds is 2.